The summed E-state index contributed by atoms with van der Waals surface area (Å²) in [6.45, 7) is 16.1. The number of rotatable bonds is 13. The SMILES string of the molecule is C=CC(=O)OCCN(CCOC(=O)C=C)c1ccc(N)c(NC(=O)CC(C)CC(C)(C)C)c1. The van der Waals surface area contributed by atoms with Crippen molar-refractivity contribution in [3.63, 3.8) is 0 Å². The van der Waals surface area contributed by atoms with Crippen LogP contribution in [-0.4, -0.2) is 44.1 Å². The summed E-state index contributed by atoms with van der Waals surface area (Å²) in [6, 6.07) is 5.24. The van der Waals surface area contributed by atoms with E-state index in [0.717, 1.165) is 24.3 Å². The van der Waals surface area contributed by atoms with Crippen LogP contribution in [0.4, 0.5) is 17.1 Å². The standard InChI is InChI=1S/C25H37N3O5/c1-7-23(30)32-13-11-28(12-14-33-24(31)8-2)19-9-10-20(26)21(16-19)27-22(29)15-18(3)17-25(4,5)6/h7-10,16,18H,1-2,11-15,17,26H2,3-6H3,(H,27,29). The number of anilines is 3. The monoisotopic (exact) mass is 459 g/mol. The molecule has 1 atom stereocenters. The van der Waals surface area contributed by atoms with Gasteiger partial charge in [0, 0.05) is 24.3 Å². The van der Waals surface area contributed by atoms with E-state index in [1.165, 1.54) is 0 Å². The molecule has 1 rings (SSSR count). The van der Waals surface area contributed by atoms with Crippen molar-refractivity contribution in [1.29, 1.82) is 0 Å². The number of esters is 2. The predicted molar refractivity (Wildman–Crippen MR) is 132 cm³/mol. The van der Waals surface area contributed by atoms with Gasteiger partial charge in [0.25, 0.3) is 0 Å². The summed E-state index contributed by atoms with van der Waals surface area (Å²) >= 11 is 0. The van der Waals surface area contributed by atoms with Gasteiger partial charge < -0.3 is 25.4 Å². The molecule has 33 heavy (non-hydrogen) atoms. The molecular formula is C25H37N3O5. The second-order valence-electron chi connectivity index (χ2n) is 9.12. The van der Waals surface area contributed by atoms with Gasteiger partial charge in [0.15, 0.2) is 0 Å². The Morgan fingerprint density at radius 2 is 1.64 bits per heavy atom. The number of nitrogen functional groups attached to an aromatic ring is 1. The number of hydrogen-bond donors (Lipinski definition) is 2. The molecule has 0 bridgehead atoms. The number of nitrogens with two attached hydrogens (primary N) is 1. The van der Waals surface area contributed by atoms with Gasteiger partial charge in [-0.05, 0) is 36.0 Å². The molecule has 0 spiro atoms. The summed E-state index contributed by atoms with van der Waals surface area (Å²) in [5.74, 6) is -0.933. The van der Waals surface area contributed by atoms with Crippen LogP contribution in [0.5, 0.6) is 0 Å². The number of carbonyl (C=O) groups excluding carboxylic acids is 3. The van der Waals surface area contributed by atoms with Crippen LogP contribution in [0.3, 0.4) is 0 Å². The van der Waals surface area contributed by atoms with E-state index >= 15 is 0 Å². The molecule has 0 heterocycles. The van der Waals surface area contributed by atoms with Crippen LogP contribution >= 0.6 is 0 Å². The molecule has 0 saturated heterocycles. The molecule has 0 aliphatic rings. The largest absolute Gasteiger partial charge is 0.461 e. The molecule has 0 aliphatic heterocycles. The highest BCUT2D eigenvalue weighted by atomic mass is 16.5. The van der Waals surface area contributed by atoms with Crippen molar-refractivity contribution in [1.82, 2.24) is 0 Å². The van der Waals surface area contributed by atoms with E-state index in [0.29, 0.717) is 30.9 Å². The lowest BCUT2D eigenvalue weighted by Crippen LogP contribution is -2.32. The first kappa shape index (κ1) is 27.7. The summed E-state index contributed by atoms with van der Waals surface area (Å²) in [5.41, 5.74) is 7.90. The molecule has 3 N–H and O–H groups in total. The lowest BCUT2D eigenvalue weighted by molar-refractivity contribution is -0.137. The van der Waals surface area contributed by atoms with Crippen LogP contribution in [-0.2, 0) is 23.9 Å². The number of nitrogens with one attached hydrogen (secondary N) is 1. The van der Waals surface area contributed by atoms with Crippen LogP contribution < -0.4 is 16.0 Å². The summed E-state index contributed by atoms with van der Waals surface area (Å²) in [7, 11) is 0. The molecule has 0 radical (unpaired) electrons. The topological polar surface area (TPSA) is 111 Å². The lowest BCUT2D eigenvalue weighted by Gasteiger charge is -2.26. The number of carbonyl (C=O) groups is 3. The zero-order chi connectivity index (χ0) is 25.0. The summed E-state index contributed by atoms with van der Waals surface area (Å²) in [5, 5.41) is 2.90. The molecular weight excluding hydrogens is 422 g/mol. The van der Waals surface area contributed by atoms with Crippen LogP contribution in [0.2, 0.25) is 0 Å². The predicted octanol–water partition coefficient (Wildman–Crippen LogP) is 3.93. The number of benzene rings is 1. The lowest BCUT2D eigenvalue weighted by atomic mass is 9.84. The van der Waals surface area contributed by atoms with Crippen LogP contribution in [0.1, 0.15) is 40.5 Å². The van der Waals surface area contributed by atoms with E-state index < -0.39 is 11.9 Å². The van der Waals surface area contributed by atoms with Crippen molar-refractivity contribution < 1.29 is 23.9 Å². The molecule has 1 aromatic rings. The summed E-state index contributed by atoms with van der Waals surface area (Å²) in [4.78, 5) is 37.2. The fraction of sp³-hybridized carbons (Fsp3) is 0.480. The molecule has 0 aromatic heterocycles. The van der Waals surface area contributed by atoms with Crippen LogP contribution in [0, 0.1) is 11.3 Å². The van der Waals surface area contributed by atoms with E-state index in [1.807, 2.05) is 4.90 Å². The smallest absolute Gasteiger partial charge is 0.330 e. The van der Waals surface area contributed by atoms with E-state index in [-0.39, 0.29) is 30.5 Å². The molecule has 1 amide bonds. The maximum atomic E-state index is 12.6. The highest BCUT2D eigenvalue weighted by Gasteiger charge is 2.19. The van der Waals surface area contributed by atoms with E-state index in [4.69, 9.17) is 15.2 Å². The maximum Gasteiger partial charge on any atom is 0.330 e. The molecule has 1 aromatic carbocycles. The van der Waals surface area contributed by atoms with Gasteiger partial charge in [-0.1, -0.05) is 40.9 Å². The zero-order valence-corrected chi connectivity index (χ0v) is 20.2. The van der Waals surface area contributed by atoms with Gasteiger partial charge in [-0.2, -0.15) is 0 Å². The molecule has 0 aliphatic carbocycles. The van der Waals surface area contributed by atoms with Crippen molar-refractivity contribution in [3.8, 4) is 0 Å². The maximum absolute atomic E-state index is 12.6. The van der Waals surface area contributed by atoms with Gasteiger partial charge >= 0.3 is 11.9 Å². The number of hydrogen-bond acceptors (Lipinski definition) is 7. The first-order valence-electron chi connectivity index (χ1n) is 11.0. The molecule has 8 heteroatoms. The Kier molecular flexibility index (Phi) is 11.2. The van der Waals surface area contributed by atoms with Crippen molar-refractivity contribution >= 4 is 34.9 Å². The van der Waals surface area contributed by atoms with Crippen LogP contribution in [0.15, 0.2) is 43.5 Å². The minimum atomic E-state index is -0.525. The molecule has 1 unspecified atom stereocenters. The number of amides is 1. The van der Waals surface area contributed by atoms with Gasteiger partial charge in [0.1, 0.15) is 13.2 Å². The van der Waals surface area contributed by atoms with E-state index in [2.05, 4.69) is 46.2 Å². The van der Waals surface area contributed by atoms with Gasteiger partial charge in [0.2, 0.25) is 5.91 Å². The second-order valence-corrected chi connectivity index (χ2v) is 9.12. The average Bonchev–Trinajstić information content (AvgIpc) is 2.72. The third-order valence-electron chi connectivity index (χ3n) is 4.72. The third-order valence-corrected chi connectivity index (χ3v) is 4.72. The second kappa shape index (κ2) is 13.3. The van der Waals surface area contributed by atoms with Gasteiger partial charge in [-0.3, -0.25) is 4.79 Å². The normalized spacial score (nSPS) is 11.8. The van der Waals surface area contributed by atoms with Gasteiger partial charge in [-0.15, -0.1) is 0 Å². The highest BCUT2D eigenvalue weighted by molar-refractivity contribution is 5.94. The fourth-order valence-corrected chi connectivity index (χ4v) is 3.49. The van der Waals surface area contributed by atoms with E-state index in [1.54, 1.807) is 18.2 Å². The summed E-state index contributed by atoms with van der Waals surface area (Å²) in [6.07, 6.45) is 3.50. The third kappa shape index (κ3) is 11.2. The zero-order valence-electron chi connectivity index (χ0n) is 20.2. The average molecular weight is 460 g/mol. The Bertz CT molecular complexity index is 819. The van der Waals surface area contributed by atoms with Crippen LogP contribution in [0.25, 0.3) is 0 Å². The Labute approximate surface area is 196 Å². The summed E-state index contributed by atoms with van der Waals surface area (Å²) < 4.78 is 10.2. The Hall–Kier alpha value is -3.29. The molecule has 8 nitrogen and oxygen atoms in total. The highest BCUT2D eigenvalue weighted by Crippen LogP contribution is 2.28. The Morgan fingerprint density at radius 1 is 1.09 bits per heavy atom. The quantitative estimate of drug-likeness (QED) is 0.261. The number of nitrogens with zero attached hydrogens (tertiary/aromatic N) is 1. The number of ether oxygens (including phenoxy) is 2. The Balaban J connectivity index is 2.92. The van der Waals surface area contributed by atoms with E-state index in [9.17, 15) is 14.4 Å². The minimum Gasteiger partial charge on any atom is -0.461 e. The van der Waals surface area contributed by atoms with Crippen molar-refractivity contribution in [2.45, 2.75) is 40.5 Å². The molecule has 182 valence electrons. The van der Waals surface area contributed by atoms with Crippen molar-refractivity contribution in [2.75, 3.05) is 42.3 Å². The van der Waals surface area contributed by atoms with Crippen molar-refractivity contribution in [2.24, 2.45) is 11.3 Å². The first-order valence-corrected chi connectivity index (χ1v) is 11.0. The Morgan fingerprint density at radius 3 is 2.12 bits per heavy atom. The molecule has 0 fully saturated rings. The van der Waals surface area contributed by atoms with Gasteiger partial charge in [-0.25, -0.2) is 9.59 Å². The fourth-order valence-electron chi connectivity index (χ4n) is 3.49. The molecule has 0 saturated carbocycles. The first-order chi connectivity index (χ1) is 15.4. The van der Waals surface area contributed by atoms with Crippen molar-refractivity contribution in [3.05, 3.63) is 43.5 Å². The van der Waals surface area contributed by atoms with Gasteiger partial charge in [0.05, 0.1) is 24.5 Å². The minimum absolute atomic E-state index is 0.108.